The molecule has 0 bridgehead atoms. The van der Waals surface area contributed by atoms with E-state index in [-0.39, 0.29) is 0 Å². The topological polar surface area (TPSA) is 13.1 Å². The Morgan fingerprint density at radius 3 is 2.44 bits per heavy atom. The number of rotatable bonds is 0. The van der Waals surface area contributed by atoms with Crippen LogP contribution in [0.2, 0.25) is 0 Å². The SMILES string of the molecule is Cc1cc2oc3ccccc3c2c(C)c1C. The summed E-state index contributed by atoms with van der Waals surface area (Å²) in [7, 11) is 0. The lowest BCUT2D eigenvalue weighted by Crippen LogP contribution is -1.86. The van der Waals surface area contributed by atoms with Crippen LogP contribution in [-0.2, 0) is 0 Å². The minimum Gasteiger partial charge on any atom is -0.456 e. The van der Waals surface area contributed by atoms with Crippen LogP contribution in [0.25, 0.3) is 21.9 Å². The molecule has 3 aromatic rings. The summed E-state index contributed by atoms with van der Waals surface area (Å²) in [6, 6.07) is 10.4. The molecule has 1 nitrogen and oxygen atoms in total. The molecule has 3 rings (SSSR count). The first-order valence-corrected chi connectivity index (χ1v) is 5.56. The summed E-state index contributed by atoms with van der Waals surface area (Å²) in [5, 5.41) is 2.48. The van der Waals surface area contributed by atoms with Gasteiger partial charge in [0.1, 0.15) is 11.2 Å². The molecule has 0 N–H and O–H groups in total. The van der Waals surface area contributed by atoms with Crippen molar-refractivity contribution < 1.29 is 4.42 Å². The fraction of sp³-hybridized carbons (Fsp3) is 0.200. The van der Waals surface area contributed by atoms with Gasteiger partial charge in [-0.3, -0.25) is 0 Å². The number of hydrogen-bond donors (Lipinski definition) is 0. The van der Waals surface area contributed by atoms with Crippen LogP contribution in [0.3, 0.4) is 0 Å². The van der Waals surface area contributed by atoms with Crippen LogP contribution in [0.5, 0.6) is 0 Å². The monoisotopic (exact) mass is 210 g/mol. The van der Waals surface area contributed by atoms with E-state index in [1.165, 1.54) is 27.5 Å². The molecule has 0 saturated carbocycles. The Balaban J connectivity index is 2.62. The quantitative estimate of drug-likeness (QED) is 0.532. The lowest BCUT2D eigenvalue weighted by Gasteiger charge is -2.05. The van der Waals surface area contributed by atoms with Crippen molar-refractivity contribution in [2.75, 3.05) is 0 Å². The molecule has 0 fully saturated rings. The van der Waals surface area contributed by atoms with E-state index in [4.69, 9.17) is 4.42 Å². The van der Waals surface area contributed by atoms with Crippen molar-refractivity contribution >= 4 is 21.9 Å². The Morgan fingerprint density at radius 2 is 1.62 bits per heavy atom. The molecule has 0 saturated heterocycles. The van der Waals surface area contributed by atoms with Crippen LogP contribution in [0.15, 0.2) is 34.7 Å². The van der Waals surface area contributed by atoms with E-state index < -0.39 is 0 Å². The zero-order chi connectivity index (χ0) is 11.3. The molecule has 1 heterocycles. The summed E-state index contributed by atoms with van der Waals surface area (Å²) in [6.07, 6.45) is 0. The first-order valence-electron chi connectivity index (χ1n) is 5.56. The molecule has 1 heteroatoms. The molecule has 0 spiro atoms. The van der Waals surface area contributed by atoms with Crippen molar-refractivity contribution in [2.45, 2.75) is 20.8 Å². The van der Waals surface area contributed by atoms with Gasteiger partial charge in [-0.25, -0.2) is 0 Å². The largest absolute Gasteiger partial charge is 0.456 e. The van der Waals surface area contributed by atoms with Crippen LogP contribution >= 0.6 is 0 Å². The van der Waals surface area contributed by atoms with Gasteiger partial charge in [0, 0.05) is 10.8 Å². The van der Waals surface area contributed by atoms with Gasteiger partial charge in [0.2, 0.25) is 0 Å². The number of benzene rings is 2. The second kappa shape index (κ2) is 3.11. The summed E-state index contributed by atoms with van der Waals surface area (Å²) in [5.74, 6) is 0. The van der Waals surface area contributed by atoms with E-state index in [0.717, 1.165) is 11.2 Å². The third-order valence-corrected chi connectivity index (χ3v) is 3.50. The Morgan fingerprint density at radius 1 is 0.875 bits per heavy atom. The maximum absolute atomic E-state index is 5.87. The molecule has 0 unspecified atom stereocenters. The Hall–Kier alpha value is -1.76. The standard InChI is InChI=1S/C15H14O/c1-9-8-14-15(11(3)10(9)2)12-6-4-5-7-13(12)16-14/h4-8H,1-3H3. The smallest absolute Gasteiger partial charge is 0.135 e. The summed E-state index contributed by atoms with van der Waals surface area (Å²) in [6.45, 7) is 6.48. The third-order valence-electron chi connectivity index (χ3n) is 3.50. The number of hydrogen-bond acceptors (Lipinski definition) is 1. The molecule has 0 aliphatic carbocycles. The fourth-order valence-corrected chi connectivity index (χ4v) is 2.34. The van der Waals surface area contributed by atoms with Gasteiger partial charge in [-0.1, -0.05) is 18.2 Å². The number of fused-ring (bicyclic) bond motifs is 3. The third kappa shape index (κ3) is 1.12. The maximum atomic E-state index is 5.87. The van der Waals surface area contributed by atoms with Crippen molar-refractivity contribution in [2.24, 2.45) is 0 Å². The molecule has 0 atom stereocenters. The van der Waals surface area contributed by atoms with Gasteiger partial charge in [0.05, 0.1) is 0 Å². The number of para-hydroxylation sites is 1. The first-order chi connectivity index (χ1) is 7.68. The van der Waals surface area contributed by atoms with E-state index in [2.05, 4.69) is 39.0 Å². The van der Waals surface area contributed by atoms with Crippen LogP contribution in [-0.4, -0.2) is 0 Å². The van der Waals surface area contributed by atoms with E-state index in [1.54, 1.807) is 0 Å². The average molecular weight is 210 g/mol. The van der Waals surface area contributed by atoms with Gasteiger partial charge in [0.15, 0.2) is 0 Å². The van der Waals surface area contributed by atoms with Gasteiger partial charge in [0.25, 0.3) is 0 Å². The highest BCUT2D eigenvalue weighted by Gasteiger charge is 2.11. The van der Waals surface area contributed by atoms with E-state index >= 15 is 0 Å². The van der Waals surface area contributed by atoms with Gasteiger partial charge >= 0.3 is 0 Å². The number of aryl methyl sites for hydroxylation is 2. The lowest BCUT2D eigenvalue weighted by molar-refractivity contribution is 0.668. The molecule has 0 amide bonds. The highest BCUT2D eigenvalue weighted by Crippen LogP contribution is 2.33. The minimum absolute atomic E-state index is 0.977. The Bertz CT molecular complexity index is 689. The van der Waals surface area contributed by atoms with Gasteiger partial charge in [-0.2, -0.15) is 0 Å². The molecule has 2 aromatic carbocycles. The predicted octanol–water partition coefficient (Wildman–Crippen LogP) is 4.51. The fourth-order valence-electron chi connectivity index (χ4n) is 2.34. The van der Waals surface area contributed by atoms with Gasteiger partial charge in [-0.15, -0.1) is 0 Å². The minimum atomic E-state index is 0.977. The molecule has 0 radical (unpaired) electrons. The molecular formula is C15H14O. The lowest BCUT2D eigenvalue weighted by atomic mass is 9.99. The molecule has 0 aliphatic heterocycles. The second-order valence-corrected chi connectivity index (χ2v) is 4.41. The van der Waals surface area contributed by atoms with Gasteiger partial charge in [-0.05, 0) is 49.6 Å². The zero-order valence-electron chi connectivity index (χ0n) is 9.79. The zero-order valence-corrected chi connectivity index (χ0v) is 9.79. The molecule has 16 heavy (non-hydrogen) atoms. The molecule has 0 aliphatic rings. The van der Waals surface area contributed by atoms with Gasteiger partial charge < -0.3 is 4.42 Å². The molecular weight excluding hydrogens is 196 g/mol. The van der Waals surface area contributed by atoms with Crippen molar-refractivity contribution in [3.05, 3.63) is 47.0 Å². The summed E-state index contributed by atoms with van der Waals surface area (Å²) in [4.78, 5) is 0. The summed E-state index contributed by atoms with van der Waals surface area (Å²) in [5.41, 5.74) is 5.97. The Kier molecular flexibility index (Phi) is 1.84. The van der Waals surface area contributed by atoms with Crippen molar-refractivity contribution in [3.63, 3.8) is 0 Å². The van der Waals surface area contributed by atoms with E-state index in [9.17, 15) is 0 Å². The molecule has 1 aromatic heterocycles. The van der Waals surface area contributed by atoms with Crippen LogP contribution in [0, 0.1) is 20.8 Å². The predicted molar refractivity (Wildman–Crippen MR) is 67.9 cm³/mol. The number of furan rings is 1. The molecule has 80 valence electrons. The second-order valence-electron chi connectivity index (χ2n) is 4.41. The summed E-state index contributed by atoms with van der Waals surface area (Å²) >= 11 is 0. The summed E-state index contributed by atoms with van der Waals surface area (Å²) < 4.78 is 5.87. The normalized spacial score (nSPS) is 11.4. The van der Waals surface area contributed by atoms with Crippen LogP contribution < -0.4 is 0 Å². The average Bonchev–Trinajstić information content (AvgIpc) is 2.64. The van der Waals surface area contributed by atoms with Crippen molar-refractivity contribution in [3.8, 4) is 0 Å². The van der Waals surface area contributed by atoms with Crippen LogP contribution in [0.1, 0.15) is 16.7 Å². The highest BCUT2D eigenvalue weighted by molar-refractivity contribution is 6.07. The van der Waals surface area contributed by atoms with Crippen LogP contribution in [0.4, 0.5) is 0 Å². The Labute approximate surface area is 94.7 Å². The van der Waals surface area contributed by atoms with Crippen molar-refractivity contribution in [1.29, 1.82) is 0 Å². The highest BCUT2D eigenvalue weighted by atomic mass is 16.3. The first kappa shape index (κ1) is 9.46. The van der Waals surface area contributed by atoms with Crippen molar-refractivity contribution in [1.82, 2.24) is 0 Å². The van der Waals surface area contributed by atoms with E-state index in [0.29, 0.717) is 0 Å². The maximum Gasteiger partial charge on any atom is 0.135 e. The van der Waals surface area contributed by atoms with E-state index in [1.807, 2.05) is 12.1 Å².